The fraction of sp³-hybridized carbons (Fsp3) is 0.562. The first-order chi connectivity index (χ1) is 9.46. The first-order valence-electron chi connectivity index (χ1n) is 7.15. The number of rotatable bonds is 5. The normalized spacial score (nSPS) is 18.7. The second-order valence-electron chi connectivity index (χ2n) is 6.19. The highest BCUT2D eigenvalue weighted by Crippen LogP contribution is 2.29. The van der Waals surface area contributed by atoms with E-state index in [0.717, 1.165) is 19.6 Å². The summed E-state index contributed by atoms with van der Waals surface area (Å²) in [5.41, 5.74) is 0.731. The van der Waals surface area contributed by atoms with E-state index in [2.05, 4.69) is 18.7 Å². The Bertz CT molecular complexity index is 461. The van der Waals surface area contributed by atoms with Crippen LogP contribution in [0.1, 0.15) is 37.0 Å². The molecule has 20 heavy (non-hydrogen) atoms. The number of piperidine rings is 1. The number of carbonyl (C=O) groups is 1. The molecule has 1 aromatic rings. The standard InChI is InChI=1S/C16H23NO3/c1-16(2)6-8-17(9-7-16)10-11-20-14-5-3-4-13(12-14)15(18)19/h3-5,12H,6-11H2,1-2H3,(H,18,19). The van der Waals surface area contributed by atoms with Crippen LogP contribution in [0.15, 0.2) is 24.3 Å². The quantitative estimate of drug-likeness (QED) is 0.899. The summed E-state index contributed by atoms with van der Waals surface area (Å²) in [6.07, 6.45) is 2.45. The molecule has 1 heterocycles. The van der Waals surface area contributed by atoms with E-state index in [1.807, 2.05) is 0 Å². The van der Waals surface area contributed by atoms with Crippen LogP contribution >= 0.6 is 0 Å². The molecule has 0 amide bonds. The SMILES string of the molecule is CC1(C)CCN(CCOc2cccc(C(=O)O)c2)CC1. The Hall–Kier alpha value is -1.55. The van der Waals surface area contributed by atoms with Gasteiger partial charge in [0.15, 0.2) is 0 Å². The Morgan fingerprint density at radius 2 is 2.05 bits per heavy atom. The molecule has 0 saturated carbocycles. The van der Waals surface area contributed by atoms with Gasteiger partial charge in [-0.2, -0.15) is 0 Å². The molecule has 1 saturated heterocycles. The molecule has 0 radical (unpaired) electrons. The predicted molar refractivity (Wildman–Crippen MR) is 78.4 cm³/mol. The van der Waals surface area contributed by atoms with Crippen LogP contribution < -0.4 is 4.74 Å². The summed E-state index contributed by atoms with van der Waals surface area (Å²) in [7, 11) is 0. The summed E-state index contributed by atoms with van der Waals surface area (Å²) in [5.74, 6) is -0.295. The van der Waals surface area contributed by atoms with Crippen molar-refractivity contribution in [2.45, 2.75) is 26.7 Å². The van der Waals surface area contributed by atoms with Gasteiger partial charge in [-0.3, -0.25) is 4.90 Å². The number of likely N-dealkylation sites (tertiary alicyclic amines) is 1. The average molecular weight is 277 g/mol. The van der Waals surface area contributed by atoms with Crippen molar-refractivity contribution in [2.24, 2.45) is 5.41 Å². The van der Waals surface area contributed by atoms with Crippen LogP contribution in [0.3, 0.4) is 0 Å². The van der Waals surface area contributed by atoms with Gasteiger partial charge in [0.2, 0.25) is 0 Å². The highest BCUT2D eigenvalue weighted by atomic mass is 16.5. The molecular weight excluding hydrogens is 254 g/mol. The summed E-state index contributed by atoms with van der Waals surface area (Å²) in [6, 6.07) is 6.65. The van der Waals surface area contributed by atoms with Crippen molar-refractivity contribution in [3.8, 4) is 5.75 Å². The van der Waals surface area contributed by atoms with E-state index < -0.39 is 5.97 Å². The van der Waals surface area contributed by atoms with Crippen LogP contribution in [-0.4, -0.2) is 42.2 Å². The van der Waals surface area contributed by atoms with Gasteiger partial charge in [-0.1, -0.05) is 19.9 Å². The maximum Gasteiger partial charge on any atom is 0.335 e. The summed E-state index contributed by atoms with van der Waals surface area (Å²) < 4.78 is 5.65. The van der Waals surface area contributed by atoms with Gasteiger partial charge in [0.05, 0.1) is 5.56 Å². The lowest BCUT2D eigenvalue weighted by atomic mass is 9.83. The number of hydrogen-bond acceptors (Lipinski definition) is 3. The van der Waals surface area contributed by atoms with Gasteiger partial charge in [0.1, 0.15) is 12.4 Å². The highest BCUT2D eigenvalue weighted by molar-refractivity contribution is 5.87. The third-order valence-corrected chi connectivity index (χ3v) is 3.97. The lowest BCUT2D eigenvalue weighted by Crippen LogP contribution is -2.39. The molecule has 0 bridgehead atoms. The topological polar surface area (TPSA) is 49.8 Å². The van der Waals surface area contributed by atoms with Crippen LogP contribution in [0.4, 0.5) is 0 Å². The molecule has 2 rings (SSSR count). The molecule has 0 spiro atoms. The van der Waals surface area contributed by atoms with Crippen molar-refractivity contribution < 1.29 is 14.6 Å². The Morgan fingerprint density at radius 3 is 2.70 bits per heavy atom. The third kappa shape index (κ3) is 4.23. The van der Waals surface area contributed by atoms with Gasteiger partial charge in [-0.25, -0.2) is 4.79 Å². The molecule has 0 aliphatic carbocycles. The van der Waals surface area contributed by atoms with E-state index in [9.17, 15) is 4.79 Å². The minimum atomic E-state index is -0.922. The van der Waals surface area contributed by atoms with Gasteiger partial charge >= 0.3 is 5.97 Å². The minimum Gasteiger partial charge on any atom is -0.492 e. The Balaban J connectivity index is 1.76. The number of carboxylic acid groups (broad SMARTS) is 1. The number of benzene rings is 1. The van der Waals surface area contributed by atoms with Crippen molar-refractivity contribution in [1.29, 1.82) is 0 Å². The van der Waals surface area contributed by atoms with Crippen LogP contribution in [0.2, 0.25) is 0 Å². The molecule has 1 fully saturated rings. The number of ether oxygens (including phenoxy) is 1. The van der Waals surface area contributed by atoms with Gasteiger partial charge in [0.25, 0.3) is 0 Å². The lowest BCUT2D eigenvalue weighted by Gasteiger charge is -2.36. The van der Waals surface area contributed by atoms with Crippen LogP contribution in [0, 0.1) is 5.41 Å². The fourth-order valence-electron chi connectivity index (χ4n) is 2.39. The Morgan fingerprint density at radius 1 is 1.35 bits per heavy atom. The zero-order valence-corrected chi connectivity index (χ0v) is 12.3. The second-order valence-corrected chi connectivity index (χ2v) is 6.19. The maximum atomic E-state index is 10.9. The highest BCUT2D eigenvalue weighted by Gasteiger charge is 2.24. The fourth-order valence-corrected chi connectivity index (χ4v) is 2.39. The van der Waals surface area contributed by atoms with E-state index in [-0.39, 0.29) is 5.56 Å². The second kappa shape index (κ2) is 6.27. The van der Waals surface area contributed by atoms with Gasteiger partial charge in [0, 0.05) is 6.54 Å². The summed E-state index contributed by atoms with van der Waals surface area (Å²) >= 11 is 0. The maximum absolute atomic E-state index is 10.9. The Kier molecular flexibility index (Phi) is 4.65. The smallest absolute Gasteiger partial charge is 0.335 e. The summed E-state index contributed by atoms with van der Waals surface area (Å²) in [4.78, 5) is 13.3. The zero-order chi connectivity index (χ0) is 14.6. The number of hydrogen-bond donors (Lipinski definition) is 1. The number of aromatic carboxylic acids is 1. The van der Waals surface area contributed by atoms with Gasteiger partial charge in [-0.05, 0) is 49.5 Å². The molecule has 1 aromatic carbocycles. The monoisotopic (exact) mass is 277 g/mol. The molecule has 1 N–H and O–H groups in total. The molecule has 4 nitrogen and oxygen atoms in total. The van der Waals surface area contributed by atoms with Crippen LogP contribution in [0.5, 0.6) is 5.75 Å². The zero-order valence-electron chi connectivity index (χ0n) is 12.3. The molecule has 1 aliphatic heterocycles. The lowest BCUT2D eigenvalue weighted by molar-refractivity contribution is 0.0696. The molecule has 0 unspecified atom stereocenters. The van der Waals surface area contributed by atoms with E-state index in [1.165, 1.54) is 12.8 Å². The average Bonchev–Trinajstić information content (AvgIpc) is 2.41. The van der Waals surface area contributed by atoms with Crippen molar-refractivity contribution in [3.05, 3.63) is 29.8 Å². The van der Waals surface area contributed by atoms with Crippen molar-refractivity contribution in [1.82, 2.24) is 4.90 Å². The molecule has 4 heteroatoms. The van der Waals surface area contributed by atoms with Crippen LogP contribution in [0.25, 0.3) is 0 Å². The van der Waals surface area contributed by atoms with Gasteiger partial charge < -0.3 is 9.84 Å². The molecular formula is C16H23NO3. The summed E-state index contributed by atoms with van der Waals surface area (Å²) in [5, 5.41) is 8.92. The molecule has 110 valence electrons. The Labute approximate surface area is 120 Å². The predicted octanol–water partition coefficient (Wildman–Crippen LogP) is 2.89. The van der Waals surface area contributed by atoms with E-state index >= 15 is 0 Å². The molecule has 0 atom stereocenters. The first kappa shape index (κ1) is 14.9. The largest absolute Gasteiger partial charge is 0.492 e. The summed E-state index contributed by atoms with van der Waals surface area (Å²) in [6.45, 7) is 8.37. The van der Waals surface area contributed by atoms with Crippen molar-refractivity contribution in [3.63, 3.8) is 0 Å². The number of nitrogens with zero attached hydrogens (tertiary/aromatic N) is 1. The minimum absolute atomic E-state index is 0.266. The van der Waals surface area contributed by atoms with Crippen molar-refractivity contribution >= 4 is 5.97 Å². The van der Waals surface area contributed by atoms with E-state index in [1.54, 1.807) is 24.3 Å². The van der Waals surface area contributed by atoms with Crippen LogP contribution in [-0.2, 0) is 0 Å². The molecule has 0 aromatic heterocycles. The third-order valence-electron chi connectivity index (χ3n) is 3.97. The van der Waals surface area contributed by atoms with Crippen molar-refractivity contribution in [2.75, 3.05) is 26.2 Å². The van der Waals surface area contributed by atoms with Gasteiger partial charge in [-0.15, -0.1) is 0 Å². The first-order valence-corrected chi connectivity index (χ1v) is 7.15. The molecule has 1 aliphatic rings. The van der Waals surface area contributed by atoms with E-state index in [4.69, 9.17) is 9.84 Å². The number of carboxylic acids is 1. The van der Waals surface area contributed by atoms with E-state index in [0.29, 0.717) is 17.8 Å².